The number of nitrogens with one attached hydrogen (secondary N) is 1. The Morgan fingerprint density at radius 1 is 1.43 bits per heavy atom. The minimum absolute atomic E-state index is 0.0636. The second-order valence-electron chi connectivity index (χ2n) is 4.78. The quantitative estimate of drug-likeness (QED) is 0.627. The molecule has 0 aliphatic rings. The summed E-state index contributed by atoms with van der Waals surface area (Å²) in [6, 6.07) is 2.50. The van der Waals surface area contributed by atoms with Crippen LogP contribution in [0.15, 0.2) is 21.5 Å². The Morgan fingerprint density at radius 2 is 2.05 bits per heavy atom. The van der Waals surface area contributed by atoms with Crippen molar-refractivity contribution in [1.29, 1.82) is 0 Å². The maximum Gasteiger partial charge on any atom is 0.335 e. The molecule has 21 heavy (non-hydrogen) atoms. The molecule has 0 aromatic heterocycles. The lowest BCUT2D eigenvalue weighted by atomic mass is 10.1. The van der Waals surface area contributed by atoms with E-state index >= 15 is 0 Å². The van der Waals surface area contributed by atoms with Gasteiger partial charge in [0.2, 0.25) is 10.0 Å². The first-order valence-electron chi connectivity index (χ1n) is 6.36. The molecular weight excluding hydrogens is 362 g/mol. The molecule has 8 heteroatoms. The molecule has 1 aromatic carbocycles. The van der Waals surface area contributed by atoms with Crippen molar-refractivity contribution < 1.29 is 23.4 Å². The first-order chi connectivity index (χ1) is 9.65. The summed E-state index contributed by atoms with van der Waals surface area (Å²) in [4.78, 5) is 11.0. The minimum Gasteiger partial charge on any atom is -0.478 e. The van der Waals surface area contributed by atoms with Crippen molar-refractivity contribution in [2.45, 2.75) is 37.7 Å². The van der Waals surface area contributed by atoms with Crippen LogP contribution in [0.25, 0.3) is 0 Å². The van der Waals surface area contributed by atoms with Crippen LogP contribution in [0.4, 0.5) is 0 Å². The number of aliphatic hydroxyl groups is 1. The van der Waals surface area contributed by atoms with Gasteiger partial charge in [0, 0.05) is 11.0 Å². The van der Waals surface area contributed by atoms with E-state index in [0.29, 0.717) is 22.9 Å². The molecule has 1 unspecified atom stereocenters. The highest BCUT2D eigenvalue weighted by atomic mass is 79.9. The highest BCUT2D eigenvalue weighted by Gasteiger charge is 2.20. The molecule has 0 bridgehead atoms. The maximum atomic E-state index is 12.2. The van der Waals surface area contributed by atoms with Crippen LogP contribution in [0, 0.1) is 6.92 Å². The number of benzene rings is 1. The number of rotatable bonds is 7. The van der Waals surface area contributed by atoms with E-state index in [2.05, 4.69) is 20.7 Å². The first kappa shape index (κ1) is 18.1. The fourth-order valence-corrected chi connectivity index (χ4v) is 3.69. The van der Waals surface area contributed by atoms with Crippen LogP contribution in [0.1, 0.15) is 35.7 Å². The molecule has 0 amide bonds. The van der Waals surface area contributed by atoms with Crippen LogP contribution in [-0.4, -0.2) is 37.2 Å². The Hall–Kier alpha value is -0.960. The molecule has 6 nitrogen and oxygen atoms in total. The molecule has 118 valence electrons. The summed E-state index contributed by atoms with van der Waals surface area (Å²) in [6.45, 7) is 3.41. The molecule has 0 saturated heterocycles. The largest absolute Gasteiger partial charge is 0.478 e. The van der Waals surface area contributed by atoms with Crippen LogP contribution in [0.5, 0.6) is 0 Å². The zero-order valence-corrected chi connectivity index (χ0v) is 14.2. The normalized spacial score (nSPS) is 13.1. The smallest absolute Gasteiger partial charge is 0.335 e. The van der Waals surface area contributed by atoms with Crippen molar-refractivity contribution in [3.05, 3.63) is 27.7 Å². The molecule has 0 aliphatic heterocycles. The van der Waals surface area contributed by atoms with Crippen LogP contribution in [-0.2, 0) is 10.0 Å². The number of carboxylic acid groups (broad SMARTS) is 1. The summed E-state index contributed by atoms with van der Waals surface area (Å²) in [5.74, 6) is -1.19. The second-order valence-corrected chi connectivity index (χ2v) is 7.37. The third-order valence-electron chi connectivity index (χ3n) is 2.92. The van der Waals surface area contributed by atoms with E-state index in [4.69, 9.17) is 10.2 Å². The third-order valence-corrected chi connectivity index (χ3v) is 5.33. The van der Waals surface area contributed by atoms with Crippen molar-refractivity contribution in [3.8, 4) is 0 Å². The first-order valence-corrected chi connectivity index (χ1v) is 8.64. The summed E-state index contributed by atoms with van der Waals surface area (Å²) in [7, 11) is -3.79. The van der Waals surface area contributed by atoms with Gasteiger partial charge in [-0.25, -0.2) is 17.9 Å². The molecule has 1 aromatic rings. The number of carbonyl (C=O) groups is 1. The number of hydrogen-bond donors (Lipinski definition) is 3. The summed E-state index contributed by atoms with van der Waals surface area (Å²) < 4.78 is 27.3. The fourth-order valence-electron chi connectivity index (χ4n) is 1.74. The average Bonchev–Trinajstić information content (AvgIpc) is 2.37. The van der Waals surface area contributed by atoms with E-state index in [9.17, 15) is 13.2 Å². The predicted molar refractivity (Wildman–Crippen MR) is 81.9 cm³/mol. The summed E-state index contributed by atoms with van der Waals surface area (Å²) in [5.41, 5.74) is 0.347. The van der Waals surface area contributed by atoms with Crippen LogP contribution >= 0.6 is 15.9 Å². The second kappa shape index (κ2) is 7.35. The van der Waals surface area contributed by atoms with Crippen molar-refractivity contribution >= 4 is 31.9 Å². The molecule has 0 aliphatic carbocycles. The number of sulfonamides is 1. The van der Waals surface area contributed by atoms with Gasteiger partial charge in [0.15, 0.2) is 0 Å². The zero-order valence-electron chi connectivity index (χ0n) is 11.8. The predicted octanol–water partition coefficient (Wildman–Crippen LogP) is 1.90. The number of carboxylic acids is 1. The van der Waals surface area contributed by atoms with Crippen LogP contribution in [0.3, 0.4) is 0 Å². The van der Waals surface area contributed by atoms with Gasteiger partial charge in [-0.05, 0) is 44.4 Å². The standard InChI is InChI=1S/C13H18BrNO5S/c1-8(16)4-3-5-15-21(19,20)12-7-10(13(17)18)6-11(14)9(12)2/h6-8,15-16H,3-5H2,1-2H3,(H,17,18). The monoisotopic (exact) mass is 379 g/mol. The van der Waals surface area contributed by atoms with E-state index in [1.807, 2.05) is 0 Å². The average molecular weight is 380 g/mol. The van der Waals surface area contributed by atoms with Crippen LogP contribution in [0.2, 0.25) is 0 Å². The molecule has 0 radical (unpaired) electrons. The van der Waals surface area contributed by atoms with Gasteiger partial charge in [-0.15, -0.1) is 0 Å². The van der Waals surface area contributed by atoms with E-state index in [0.717, 1.165) is 6.07 Å². The summed E-state index contributed by atoms with van der Waals surface area (Å²) in [5, 5.41) is 18.1. The molecule has 0 spiro atoms. The Morgan fingerprint density at radius 3 is 2.57 bits per heavy atom. The lowest BCUT2D eigenvalue weighted by molar-refractivity contribution is 0.0696. The lowest BCUT2D eigenvalue weighted by Gasteiger charge is -2.12. The van der Waals surface area contributed by atoms with E-state index in [-0.39, 0.29) is 17.0 Å². The molecule has 0 heterocycles. The molecule has 3 N–H and O–H groups in total. The molecular formula is C13H18BrNO5S. The van der Waals surface area contributed by atoms with Crippen molar-refractivity contribution in [2.75, 3.05) is 6.54 Å². The van der Waals surface area contributed by atoms with Gasteiger partial charge >= 0.3 is 5.97 Å². The number of aromatic carboxylic acids is 1. The van der Waals surface area contributed by atoms with Gasteiger partial charge in [0.25, 0.3) is 0 Å². The SMILES string of the molecule is Cc1c(Br)cc(C(=O)O)cc1S(=O)(=O)NCCCC(C)O. The number of hydrogen-bond acceptors (Lipinski definition) is 4. The topological polar surface area (TPSA) is 104 Å². The van der Waals surface area contributed by atoms with Gasteiger partial charge in [-0.3, -0.25) is 0 Å². The highest BCUT2D eigenvalue weighted by Crippen LogP contribution is 2.25. The van der Waals surface area contributed by atoms with Crippen molar-refractivity contribution in [1.82, 2.24) is 4.72 Å². The number of aliphatic hydroxyl groups excluding tert-OH is 1. The van der Waals surface area contributed by atoms with Crippen LogP contribution < -0.4 is 4.72 Å². The molecule has 1 atom stereocenters. The lowest BCUT2D eigenvalue weighted by Crippen LogP contribution is -2.26. The summed E-state index contributed by atoms with van der Waals surface area (Å²) in [6.07, 6.45) is 0.497. The van der Waals surface area contributed by atoms with E-state index in [1.165, 1.54) is 6.07 Å². The Kier molecular flexibility index (Phi) is 6.33. The van der Waals surface area contributed by atoms with Gasteiger partial charge in [0.1, 0.15) is 0 Å². The van der Waals surface area contributed by atoms with Crippen molar-refractivity contribution in [2.24, 2.45) is 0 Å². The number of halogens is 1. The Balaban J connectivity index is 2.99. The van der Waals surface area contributed by atoms with E-state index in [1.54, 1.807) is 13.8 Å². The molecule has 1 rings (SSSR count). The van der Waals surface area contributed by atoms with E-state index < -0.39 is 22.1 Å². The highest BCUT2D eigenvalue weighted by molar-refractivity contribution is 9.10. The zero-order chi connectivity index (χ0) is 16.2. The Labute approximate surface area is 132 Å². The minimum atomic E-state index is -3.79. The molecule has 0 saturated carbocycles. The fraction of sp³-hybridized carbons (Fsp3) is 0.462. The van der Waals surface area contributed by atoms with Gasteiger partial charge in [-0.2, -0.15) is 0 Å². The maximum absolute atomic E-state index is 12.2. The Bertz CT molecular complexity index is 628. The van der Waals surface area contributed by atoms with Gasteiger partial charge < -0.3 is 10.2 Å². The third kappa shape index (κ3) is 5.06. The van der Waals surface area contributed by atoms with Gasteiger partial charge in [0.05, 0.1) is 16.6 Å². The summed E-state index contributed by atoms with van der Waals surface area (Å²) >= 11 is 3.17. The molecule has 0 fully saturated rings. The van der Waals surface area contributed by atoms with Crippen molar-refractivity contribution in [3.63, 3.8) is 0 Å². The van der Waals surface area contributed by atoms with Gasteiger partial charge in [-0.1, -0.05) is 15.9 Å².